The number of hydrazone groups is 1. The molecule has 1 atom stereocenters. The van der Waals surface area contributed by atoms with Gasteiger partial charge in [0.15, 0.2) is 5.78 Å². The zero-order chi connectivity index (χ0) is 22.9. The summed E-state index contributed by atoms with van der Waals surface area (Å²) in [7, 11) is 0. The number of amides is 2. The lowest BCUT2D eigenvalue weighted by molar-refractivity contribution is 0.0948. The number of nitrogen functional groups attached to an aromatic ring is 1. The van der Waals surface area contributed by atoms with Gasteiger partial charge in [-0.05, 0) is 36.4 Å². The highest BCUT2D eigenvalue weighted by Crippen LogP contribution is 2.19. The lowest BCUT2D eigenvalue weighted by atomic mass is 9.93. The maximum absolute atomic E-state index is 12.8. The minimum atomic E-state index is -0.787. The molecule has 1 saturated heterocycles. The Hall–Kier alpha value is -4.38. The molecule has 1 aliphatic heterocycles. The topological polar surface area (TPSA) is 158 Å². The van der Waals surface area contributed by atoms with Crippen LogP contribution in [0.5, 0.6) is 0 Å². The molecule has 3 rings (SSSR count). The summed E-state index contributed by atoms with van der Waals surface area (Å²) in [5.41, 5.74) is 16.1. The van der Waals surface area contributed by atoms with Crippen molar-refractivity contribution in [2.24, 2.45) is 22.5 Å². The number of amidine groups is 1. The number of hydrogen-bond donors (Lipinski definition) is 6. The number of benzene rings is 2. The van der Waals surface area contributed by atoms with Crippen LogP contribution in [-0.4, -0.2) is 43.2 Å². The Balaban J connectivity index is 1.58. The number of carbonyl (C=O) groups excluding carboxylic acids is 2. The Labute approximate surface area is 185 Å². The summed E-state index contributed by atoms with van der Waals surface area (Å²) in [5, 5.41) is 17.3. The van der Waals surface area contributed by atoms with Crippen molar-refractivity contribution in [1.82, 2.24) is 10.7 Å². The molecular formula is C23H23N7O2. The van der Waals surface area contributed by atoms with Crippen LogP contribution < -0.4 is 27.5 Å². The molecule has 0 aliphatic carbocycles. The third-order valence-corrected chi connectivity index (χ3v) is 4.75. The number of anilines is 1. The molecule has 9 heteroatoms. The van der Waals surface area contributed by atoms with Gasteiger partial charge in [-0.1, -0.05) is 24.0 Å². The van der Waals surface area contributed by atoms with E-state index < -0.39 is 11.9 Å². The van der Waals surface area contributed by atoms with Crippen molar-refractivity contribution in [3.63, 3.8) is 0 Å². The van der Waals surface area contributed by atoms with Crippen LogP contribution >= 0.6 is 0 Å². The Morgan fingerprint density at radius 1 is 1.09 bits per heavy atom. The van der Waals surface area contributed by atoms with Crippen LogP contribution in [-0.2, 0) is 0 Å². The van der Waals surface area contributed by atoms with E-state index >= 15 is 0 Å². The van der Waals surface area contributed by atoms with Gasteiger partial charge in [-0.15, -0.1) is 5.10 Å². The quantitative estimate of drug-likeness (QED) is 0.133. The number of nitrogens with zero attached hydrogens (tertiary/aromatic N) is 1. The number of primary amides is 1. The molecule has 0 aromatic heterocycles. The smallest absolute Gasteiger partial charge is 0.333 e. The molecule has 1 heterocycles. The summed E-state index contributed by atoms with van der Waals surface area (Å²) >= 11 is 0. The molecule has 8 N–H and O–H groups in total. The van der Waals surface area contributed by atoms with Crippen molar-refractivity contribution in [2.45, 2.75) is 0 Å². The molecule has 1 unspecified atom stereocenters. The SMILES string of the molecule is N=C(N)c1ccc(NCC#Cc2ccc(C(=O)C3CNCC3=C=NNC(N)=O)cc2)cc1. The number of nitrogens with one attached hydrogen (secondary N) is 4. The van der Waals surface area contributed by atoms with Crippen LogP contribution in [0, 0.1) is 23.2 Å². The maximum atomic E-state index is 12.8. The molecule has 1 aliphatic rings. The number of Topliss-reactive ketones (excluding diaryl/α,β-unsaturated/α-hetero) is 1. The van der Waals surface area contributed by atoms with Gasteiger partial charge in [-0.25, -0.2) is 10.2 Å². The monoisotopic (exact) mass is 429 g/mol. The van der Waals surface area contributed by atoms with Gasteiger partial charge in [0.05, 0.1) is 12.5 Å². The van der Waals surface area contributed by atoms with Gasteiger partial charge in [0.1, 0.15) is 5.84 Å². The van der Waals surface area contributed by atoms with E-state index in [-0.39, 0.29) is 11.6 Å². The first-order chi connectivity index (χ1) is 15.4. The zero-order valence-corrected chi connectivity index (χ0v) is 17.2. The van der Waals surface area contributed by atoms with Crippen molar-refractivity contribution in [1.29, 1.82) is 5.41 Å². The molecule has 32 heavy (non-hydrogen) atoms. The van der Waals surface area contributed by atoms with Crippen LogP contribution in [0.15, 0.2) is 59.2 Å². The van der Waals surface area contributed by atoms with Crippen molar-refractivity contribution in [2.75, 3.05) is 25.0 Å². The second kappa shape index (κ2) is 10.6. The second-order valence-electron chi connectivity index (χ2n) is 7.00. The number of carbonyl (C=O) groups is 2. The number of nitrogens with two attached hydrogens (primary N) is 2. The third-order valence-electron chi connectivity index (χ3n) is 4.75. The van der Waals surface area contributed by atoms with Gasteiger partial charge in [0.25, 0.3) is 0 Å². The first kappa shape index (κ1) is 22.3. The number of rotatable bonds is 6. The van der Waals surface area contributed by atoms with E-state index in [4.69, 9.17) is 16.9 Å². The van der Waals surface area contributed by atoms with Gasteiger partial charge in [-0.2, -0.15) is 0 Å². The molecule has 0 spiro atoms. The van der Waals surface area contributed by atoms with Gasteiger partial charge < -0.3 is 22.1 Å². The molecule has 2 aromatic rings. The molecule has 2 amide bonds. The minimum Gasteiger partial charge on any atom is -0.384 e. The van der Waals surface area contributed by atoms with E-state index in [9.17, 15) is 9.59 Å². The number of hydrogen-bond acceptors (Lipinski definition) is 6. The molecule has 0 radical (unpaired) electrons. The molecule has 162 valence electrons. The van der Waals surface area contributed by atoms with Gasteiger partial charge in [-0.3, -0.25) is 10.2 Å². The van der Waals surface area contributed by atoms with Crippen LogP contribution in [0.4, 0.5) is 10.5 Å². The fraction of sp³-hybridized carbons (Fsp3) is 0.174. The van der Waals surface area contributed by atoms with E-state index in [1.165, 1.54) is 0 Å². The van der Waals surface area contributed by atoms with Crippen molar-refractivity contribution in [3.05, 3.63) is 70.8 Å². The molecule has 2 aromatic carbocycles. The lowest BCUT2D eigenvalue weighted by Crippen LogP contribution is -2.24. The van der Waals surface area contributed by atoms with Crippen LogP contribution in [0.3, 0.4) is 0 Å². The van der Waals surface area contributed by atoms with Gasteiger partial charge in [0.2, 0.25) is 0 Å². The number of urea groups is 1. The second-order valence-corrected chi connectivity index (χ2v) is 7.00. The summed E-state index contributed by atoms with van der Waals surface area (Å²) in [6.45, 7) is 1.39. The van der Waals surface area contributed by atoms with E-state index in [0.29, 0.717) is 36.3 Å². The first-order valence-corrected chi connectivity index (χ1v) is 9.83. The molecule has 9 nitrogen and oxygen atoms in total. The van der Waals surface area contributed by atoms with E-state index in [1.807, 2.05) is 12.1 Å². The average molecular weight is 429 g/mol. The van der Waals surface area contributed by atoms with E-state index in [2.05, 4.69) is 38.9 Å². The highest BCUT2D eigenvalue weighted by molar-refractivity contribution is 6.01. The highest BCUT2D eigenvalue weighted by Gasteiger charge is 2.28. The Bertz CT molecular complexity index is 1140. The Kier molecular flexibility index (Phi) is 7.38. The minimum absolute atomic E-state index is 0.0305. The standard InChI is InChI=1S/C23H23N7O2/c24-22(25)17-7-9-19(10-8-17)28-11-1-2-15-3-5-16(6-4-15)21(31)20-14-27-12-18(20)13-29-30-23(26)32/h3-10,20,27-28H,11-12,14H2,(H3,24,25)(H3,26,30,32). The maximum Gasteiger partial charge on any atom is 0.333 e. The summed E-state index contributed by atoms with van der Waals surface area (Å²) < 4.78 is 0. The molecule has 1 fully saturated rings. The fourth-order valence-electron chi connectivity index (χ4n) is 3.10. The molecule has 0 bridgehead atoms. The largest absolute Gasteiger partial charge is 0.384 e. The van der Waals surface area contributed by atoms with Crippen LogP contribution in [0.25, 0.3) is 0 Å². The van der Waals surface area contributed by atoms with Crippen molar-refractivity contribution >= 4 is 29.2 Å². The molecular weight excluding hydrogens is 406 g/mol. The van der Waals surface area contributed by atoms with Crippen LogP contribution in [0.2, 0.25) is 0 Å². The highest BCUT2D eigenvalue weighted by atomic mass is 16.2. The van der Waals surface area contributed by atoms with Crippen molar-refractivity contribution in [3.8, 4) is 11.8 Å². The van der Waals surface area contributed by atoms with E-state index in [1.54, 1.807) is 36.4 Å². The lowest BCUT2D eigenvalue weighted by Gasteiger charge is -2.08. The Morgan fingerprint density at radius 2 is 1.78 bits per heavy atom. The predicted molar refractivity (Wildman–Crippen MR) is 124 cm³/mol. The summed E-state index contributed by atoms with van der Waals surface area (Å²) in [5.74, 6) is 8.35. The predicted octanol–water partition coefficient (Wildman–Crippen LogP) is 1.02. The van der Waals surface area contributed by atoms with Crippen molar-refractivity contribution < 1.29 is 9.59 Å². The van der Waals surface area contributed by atoms with Gasteiger partial charge in [0, 0.05) is 46.9 Å². The molecule has 0 saturated carbocycles. The third kappa shape index (κ3) is 6.06. The average Bonchev–Trinajstić information content (AvgIpc) is 3.25. The van der Waals surface area contributed by atoms with Crippen LogP contribution in [0.1, 0.15) is 21.5 Å². The first-order valence-electron chi connectivity index (χ1n) is 9.83. The number of ketones is 1. The van der Waals surface area contributed by atoms with E-state index in [0.717, 1.165) is 11.3 Å². The normalized spacial score (nSPS) is 14.5. The summed E-state index contributed by atoms with van der Waals surface area (Å²) in [4.78, 5) is 23.5. The zero-order valence-electron chi connectivity index (χ0n) is 17.2. The summed E-state index contributed by atoms with van der Waals surface area (Å²) in [6, 6.07) is 13.5. The Morgan fingerprint density at radius 3 is 2.44 bits per heavy atom. The van der Waals surface area contributed by atoms with Gasteiger partial charge >= 0.3 is 6.03 Å². The fourth-order valence-corrected chi connectivity index (χ4v) is 3.10. The summed E-state index contributed by atoms with van der Waals surface area (Å²) in [6.07, 6.45) is 0.